The Labute approximate surface area is 544 Å². The summed E-state index contributed by atoms with van der Waals surface area (Å²) in [6.45, 7) is 19.7. The Morgan fingerprint density at radius 1 is 0.222 bits per heavy atom. The van der Waals surface area contributed by atoms with Gasteiger partial charge in [0.25, 0.3) is 0 Å². The van der Waals surface area contributed by atoms with E-state index in [9.17, 15) is 0 Å². The summed E-state index contributed by atoms with van der Waals surface area (Å²) in [6, 6.07) is 63.7. The zero-order valence-corrected chi connectivity index (χ0v) is 56.8. The number of hydrogen-bond donors (Lipinski definition) is 0. The average Bonchev–Trinajstić information content (AvgIpc) is 1.52. The Morgan fingerprint density at radius 3 is 0.778 bits per heavy atom. The smallest absolute Gasteiger partial charge is 0.0215 e. The lowest BCUT2D eigenvalue weighted by atomic mass is 9.68. The van der Waals surface area contributed by atoms with Crippen LogP contribution in [0.4, 0.5) is 0 Å². The molecule has 0 unspecified atom stereocenters. The Hall–Kier alpha value is -6.50. The van der Waals surface area contributed by atoms with E-state index in [2.05, 4.69) is 213 Å². The van der Waals surface area contributed by atoms with Crippen LogP contribution in [0.1, 0.15) is 280 Å². The van der Waals surface area contributed by atoms with Crippen molar-refractivity contribution < 1.29 is 0 Å². The van der Waals surface area contributed by atoms with Crippen molar-refractivity contribution in [2.75, 3.05) is 0 Å². The SMILES string of the molecule is CCCCCCCCC1(CCCCCCCC)c2cc3c(cc2-c2cc4c(cc21)-c1cc2c(cc1C4(CCCCCCCC)CCCCCCCC)-c1c(cc(-c4ccccc4)c4ccccc14)C2(C)C)C(C)(C)c1cc(-c2ccccc2)c2ccccc2c1-3. The summed E-state index contributed by atoms with van der Waals surface area (Å²) in [4.78, 5) is 0. The molecule has 0 fully saturated rings. The van der Waals surface area contributed by atoms with Crippen LogP contribution in [0.3, 0.4) is 0 Å². The molecule has 0 radical (unpaired) electrons. The van der Waals surface area contributed by atoms with E-state index < -0.39 is 0 Å². The molecule has 0 spiro atoms. The molecule has 0 atom stereocenters. The fraction of sp³-hybridized carbons (Fsp3) is 0.444. The van der Waals surface area contributed by atoms with Crippen LogP contribution in [0.5, 0.6) is 0 Å². The van der Waals surface area contributed by atoms with E-state index in [-0.39, 0.29) is 21.7 Å². The molecule has 0 N–H and O–H groups in total. The van der Waals surface area contributed by atoms with E-state index in [0.29, 0.717) is 0 Å². The van der Waals surface area contributed by atoms with Gasteiger partial charge in [-0.2, -0.15) is 0 Å². The molecular weight excluding hydrogens is 1080 g/mol. The molecule has 0 heteroatoms. The van der Waals surface area contributed by atoms with Gasteiger partial charge in [-0.1, -0.05) is 319 Å². The first kappa shape index (κ1) is 62.3. The van der Waals surface area contributed by atoms with Crippen LogP contribution in [0, 0.1) is 0 Å². The Morgan fingerprint density at radius 2 is 0.467 bits per heavy atom. The molecule has 0 aromatic heterocycles. The number of unbranched alkanes of at least 4 members (excludes halogenated alkanes) is 20. The van der Waals surface area contributed by atoms with Crippen molar-refractivity contribution in [1.82, 2.24) is 0 Å². The Balaban J connectivity index is 1.05. The quantitative estimate of drug-likeness (QED) is 0.0394. The first-order valence-corrected chi connectivity index (χ1v) is 36.8. The topological polar surface area (TPSA) is 0 Å². The summed E-state index contributed by atoms with van der Waals surface area (Å²) >= 11 is 0. The van der Waals surface area contributed by atoms with Crippen molar-refractivity contribution in [2.24, 2.45) is 0 Å². The van der Waals surface area contributed by atoms with Crippen LogP contribution in [0.25, 0.3) is 88.3 Å². The van der Waals surface area contributed by atoms with E-state index in [1.165, 1.54) is 268 Å². The van der Waals surface area contributed by atoms with Crippen LogP contribution in [0.2, 0.25) is 0 Å². The van der Waals surface area contributed by atoms with Gasteiger partial charge in [0.2, 0.25) is 0 Å². The molecule has 0 nitrogen and oxygen atoms in total. The van der Waals surface area contributed by atoms with Crippen LogP contribution in [-0.4, -0.2) is 0 Å². The van der Waals surface area contributed by atoms with Crippen LogP contribution < -0.4 is 0 Å². The third-order valence-electron chi connectivity index (χ3n) is 23.4. The van der Waals surface area contributed by atoms with Crippen molar-refractivity contribution >= 4 is 21.5 Å². The zero-order chi connectivity index (χ0) is 62.0. The summed E-state index contributed by atoms with van der Waals surface area (Å²) in [5, 5.41) is 5.54. The highest BCUT2D eigenvalue weighted by Crippen LogP contribution is 2.66. The molecule has 0 heterocycles. The van der Waals surface area contributed by atoms with Gasteiger partial charge < -0.3 is 0 Å². The summed E-state index contributed by atoms with van der Waals surface area (Å²) in [5.41, 5.74) is 29.6. The predicted molar refractivity (Wildman–Crippen MR) is 392 cm³/mol. The fourth-order valence-corrected chi connectivity index (χ4v) is 18.5. The maximum absolute atomic E-state index is 2.93. The summed E-state index contributed by atoms with van der Waals surface area (Å²) in [6.07, 6.45) is 36.5. The van der Waals surface area contributed by atoms with Gasteiger partial charge in [-0.15, -0.1) is 0 Å². The molecule has 90 heavy (non-hydrogen) atoms. The first-order valence-electron chi connectivity index (χ1n) is 36.8. The average molecular weight is 1190 g/mol. The van der Waals surface area contributed by atoms with Gasteiger partial charge in [0.05, 0.1) is 0 Å². The second-order valence-corrected chi connectivity index (χ2v) is 29.8. The molecule has 0 aliphatic heterocycles. The minimum absolute atomic E-state index is 0.0835. The maximum Gasteiger partial charge on any atom is 0.0215 e. The predicted octanol–water partition coefficient (Wildman–Crippen LogP) is 27.5. The summed E-state index contributed by atoms with van der Waals surface area (Å²) in [7, 11) is 0. The molecule has 0 saturated heterocycles. The van der Waals surface area contributed by atoms with Crippen molar-refractivity contribution in [1.29, 1.82) is 0 Å². The minimum Gasteiger partial charge on any atom is -0.0654 e. The van der Waals surface area contributed by atoms with Gasteiger partial charge in [-0.25, -0.2) is 0 Å². The fourth-order valence-electron chi connectivity index (χ4n) is 18.5. The van der Waals surface area contributed by atoms with Gasteiger partial charge >= 0.3 is 0 Å². The van der Waals surface area contributed by atoms with E-state index >= 15 is 0 Å². The lowest BCUT2D eigenvalue weighted by Crippen LogP contribution is -2.27. The number of fused-ring (bicyclic) bond motifs is 16. The van der Waals surface area contributed by atoms with E-state index in [4.69, 9.17) is 0 Å². The van der Waals surface area contributed by atoms with Gasteiger partial charge in [0.15, 0.2) is 0 Å². The normalized spacial score (nSPS) is 15.4. The molecule has 4 aliphatic rings. The molecule has 4 aliphatic carbocycles. The number of rotatable bonds is 30. The molecule has 9 aromatic carbocycles. The van der Waals surface area contributed by atoms with Crippen LogP contribution in [0.15, 0.2) is 158 Å². The number of hydrogen-bond acceptors (Lipinski definition) is 0. The van der Waals surface area contributed by atoms with Crippen LogP contribution in [-0.2, 0) is 21.7 Å². The number of benzene rings is 9. The van der Waals surface area contributed by atoms with E-state index in [1.807, 2.05) is 0 Å². The second kappa shape index (κ2) is 26.6. The minimum atomic E-state index is -0.181. The zero-order valence-electron chi connectivity index (χ0n) is 56.8. The van der Waals surface area contributed by atoms with Gasteiger partial charge in [-0.3, -0.25) is 0 Å². The van der Waals surface area contributed by atoms with Gasteiger partial charge in [-0.05, 0) is 207 Å². The summed E-state index contributed by atoms with van der Waals surface area (Å²) in [5.74, 6) is 0. The highest BCUT2D eigenvalue weighted by molar-refractivity contribution is 6.11. The molecule has 13 rings (SSSR count). The van der Waals surface area contributed by atoms with Gasteiger partial charge in [0, 0.05) is 21.7 Å². The lowest BCUT2D eigenvalue weighted by Gasteiger charge is -2.35. The molecule has 0 amide bonds. The van der Waals surface area contributed by atoms with Gasteiger partial charge in [0.1, 0.15) is 0 Å². The monoisotopic (exact) mass is 1190 g/mol. The van der Waals surface area contributed by atoms with E-state index in [1.54, 1.807) is 44.5 Å². The van der Waals surface area contributed by atoms with Crippen molar-refractivity contribution in [3.8, 4) is 66.8 Å². The second-order valence-electron chi connectivity index (χ2n) is 29.8. The summed E-state index contributed by atoms with van der Waals surface area (Å²) < 4.78 is 0. The Bertz CT molecular complexity index is 3710. The molecule has 466 valence electrons. The molecule has 0 saturated carbocycles. The standard InChI is InChI=1S/C90H106/c1-9-13-17-21-25-39-51-89(52-40-26-22-18-14-10-2)79-59-74-72-58-78-76(86-68-50-38-36-48-66(68)70(56-84(86)88(78,7)8)64-45-33-30-34-46-64)62-82(72)90(53-41-27-23-19-15-11-3,54-42-28-24-20-16-12-4)80(74)60-73(79)71-57-77-75(61-81(71)89)85-67-49-37-35-47-65(67)69(55-83(85)87(77,5)6)63-43-31-29-32-44-63/h29-38,43-50,55-62H,9-28,39-42,51-54H2,1-8H3. The van der Waals surface area contributed by atoms with Crippen LogP contribution >= 0.6 is 0 Å². The van der Waals surface area contributed by atoms with Crippen molar-refractivity contribution in [2.45, 2.75) is 257 Å². The third kappa shape index (κ3) is 11.0. The highest BCUT2D eigenvalue weighted by Gasteiger charge is 2.51. The third-order valence-corrected chi connectivity index (χ3v) is 23.4. The van der Waals surface area contributed by atoms with E-state index in [0.717, 1.165) is 0 Å². The van der Waals surface area contributed by atoms with Crippen molar-refractivity contribution in [3.63, 3.8) is 0 Å². The lowest BCUT2D eigenvalue weighted by molar-refractivity contribution is 0.394. The molecular formula is C90H106. The first-order chi connectivity index (χ1) is 44.0. The largest absolute Gasteiger partial charge is 0.0654 e. The molecule has 0 bridgehead atoms. The van der Waals surface area contributed by atoms with Crippen molar-refractivity contribution in [3.05, 3.63) is 202 Å². The highest BCUT2D eigenvalue weighted by atomic mass is 14.5. The molecule has 9 aromatic rings. The Kier molecular flexibility index (Phi) is 18.4. The maximum atomic E-state index is 2.93.